The van der Waals surface area contributed by atoms with Gasteiger partial charge in [0.15, 0.2) is 0 Å². The van der Waals surface area contributed by atoms with Crippen LogP contribution in [-0.4, -0.2) is 35.1 Å². The molecule has 0 aromatic heterocycles. The standard InChI is InChI=1S/C15H21ClN2O3/c1-9(2)7-10(3)18(4)15(21)17-13-6-5-11(16)8-12(13)14(19)20/h5-6,8-10H,7H2,1-4H3,(H,17,21)(H,19,20). The first-order valence-electron chi connectivity index (χ1n) is 6.79. The third-order valence-corrected chi connectivity index (χ3v) is 3.48. The van der Waals surface area contributed by atoms with Crippen LogP contribution in [0.2, 0.25) is 5.02 Å². The molecule has 0 spiro atoms. The van der Waals surface area contributed by atoms with E-state index < -0.39 is 5.97 Å². The van der Waals surface area contributed by atoms with Crippen molar-refractivity contribution in [3.63, 3.8) is 0 Å². The van der Waals surface area contributed by atoms with Crippen LogP contribution in [0, 0.1) is 5.92 Å². The van der Waals surface area contributed by atoms with E-state index in [0.29, 0.717) is 10.9 Å². The van der Waals surface area contributed by atoms with Crippen molar-refractivity contribution in [3.05, 3.63) is 28.8 Å². The van der Waals surface area contributed by atoms with Gasteiger partial charge in [-0.25, -0.2) is 9.59 Å². The maximum Gasteiger partial charge on any atom is 0.337 e. The lowest BCUT2D eigenvalue weighted by atomic mass is 10.0. The van der Waals surface area contributed by atoms with Gasteiger partial charge in [0, 0.05) is 18.1 Å². The molecule has 2 amide bonds. The summed E-state index contributed by atoms with van der Waals surface area (Å²) in [4.78, 5) is 24.9. The first-order valence-corrected chi connectivity index (χ1v) is 7.16. The number of hydrogen-bond donors (Lipinski definition) is 2. The van der Waals surface area contributed by atoms with E-state index >= 15 is 0 Å². The Kier molecular flexibility index (Phi) is 6.03. The molecule has 116 valence electrons. The summed E-state index contributed by atoms with van der Waals surface area (Å²) in [5.41, 5.74) is 0.209. The molecule has 0 fully saturated rings. The highest BCUT2D eigenvalue weighted by molar-refractivity contribution is 6.31. The minimum Gasteiger partial charge on any atom is -0.478 e. The number of anilines is 1. The Hall–Kier alpha value is -1.75. The second kappa shape index (κ2) is 7.31. The third-order valence-electron chi connectivity index (χ3n) is 3.25. The topological polar surface area (TPSA) is 69.6 Å². The van der Waals surface area contributed by atoms with Crippen LogP contribution >= 0.6 is 11.6 Å². The molecule has 5 nitrogen and oxygen atoms in total. The molecule has 1 aromatic carbocycles. The van der Waals surface area contributed by atoms with E-state index in [-0.39, 0.29) is 23.3 Å². The second-order valence-corrected chi connectivity index (χ2v) is 5.95. The Labute approximate surface area is 129 Å². The summed E-state index contributed by atoms with van der Waals surface area (Å²) in [7, 11) is 1.69. The number of carbonyl (C=O) groups is 2. The molecule has 1 unspecified atom stereocenters. The number of halogens is 1. The summed E-state index contributed by atoms with van der Waals surface area (Å²) in [5.74, 6) is -0.661. The van der Waals surface area contributed by atoms with Gasteiger partial charge in [-0.1, -0.05) is 25.4 Å². The summed E-state index contributed by atoms with van der Waals surface area (Å²) in [5, 5.41) is 12.1. The highest BCUT2D eigenvalue weighted by Gasteiger charge is 2.19. The van der Waals surface area contributed by atoms with E-state index in [1.165, 1.54) is 12.1 Å². The van der Waals surface area contributed by atoms with Gasteiger partial charge >= 0.3 is 12.0 Å². The lowest BCUT2D eigenvalue weighted by Gasteiger charge is -2.26. The number of carboxylic acid groups (broad SMARTS) is 1. The maximum absolute atomic E-state index is 12.2. The average molecular weight is 313 g/mol. The predicted octanol–water partition coefficient (Wildman–Crippen LogP) is 3.94. The molecule has 2 N–H and O–H groups in total. The minimum atomic E-state index is -1.13. The Bertz CT molecular complexity index is 532. The van der Waals surface area contributed by atoms with E-state index in [9.17, 15) is 9.59 Å². The Morgan fingerprint density at radius 2 is 1.95 bits per heavy atom. The largest absolute Gasteiger partial charge is 0.478 e. The van der Waals surface area contributed by atoms with Gasteiger partial charge in [0.1, 0.15) is 0 Å². The van der Waals surface area contributed by atoms with Gasteiger partial charge in [-0.2, -0.15) is 0 Å². The number of rotatable bonds is 5. The number of hydrogen-bond acceptors (Lipinski definition) is 2. The number of benzene rings is 1. The fourth-order valence-corrected chi connectivity index (χ4v) is 2.22. The van der Waals surface area contributed by atoms with Crippen LogP contribution in [0.15, 0.2) is 18.2 Å². The Morgan fingerprint density at radius 1 is 1.33 bits per heavy atom. The molecule has 6 heteroatoms. The van der Waals surface area contributed by atoms with Crippen LogP contribution in [0.4, 0.5) is 10.5 Å². The molecule has 1 aromatic rings. The molecular formula is C15H21ClN2O3. The summed E-state index contributed by atoms with van der Waals surface area (Å²) >= 11 is 5.78. The van der Waals surface area contributed by atoms with Crippen LogP contribution in [0.25, 0.3) is 0 Å². The quantitative estimate of drug-likeness (QED) is 0.865. The van der Waals surface area contributed by atoms with Gasteiger partial charge in [0.2, 0.25) is 0 Å². The zero-order chi connectivity index (χ0) is 16.2. The molecule has 1 rings (SSSR count). The molecule has 0 bridgehead atoms. The second-order valence-electron chi connectivity index (χ2n) is 5.51. The summed E-state index contributed by atoms with van der Waals surface area (Å²) < 4.78 is 0. The average Bonchev–Trinajstić information content (AvgIpc) is 2.38. The number of urea groups is 1. The van der Waals surface area contributed by atoms with E-state index in [4.69, 9.17) is 16.7 Å². The fraction of sp³-hybridized carbons (Fsp3) is 0.467. The molecule has 0 aliphatic heterocycles. The van der Waals surface area contributed by atoms with E-state index in [0.717, 1.165) is 6.42 Å². The number of nitrogens with zero attached hydrogens (tertiary/aromatic N) is 1. The molecule has 0 heterocycles. The van der Waals surface area contributed by atoms with Crippen molar-refractivity contribution in [1.29, 1.82) is 0 Å². The van der Waals surface area contributed by atoms with Crippen LogP contribution in [0.5, 0.6) is 0 Å². The first-order chi connectivity index (χ1) is 9.72. The highest BCUT2D eigenvalue weighted by Crippen LogP contribution is 2.21. The zero-order valence-corrected chi connectivity index (χ0v) is 13.4. The van der Waals surface area contributed by atoms with Crippen LogP contribution in [-0.2, 0) is 0 Å². The van der Waals surface area contributed by atoms with E-state index in [2.05, 4.69) is 19.2 Å². The lowest BCUT2D eigenvalue weighted by Crippen LogP contribution is -2.39. The summed E-state index contributed by atoms with van der Waals surface area (Å²) in [6, 6.07) is 4.07. The molecule has 0 aliphatic rings. The van der Waals surface area contributed by atoms with E-state index in [1.54, 1.807) is 18.0 Å². The zero-order valence-electron chi connectivity index (χ0n) is 12.7. The Morgan fingerprint density at radius 3 is 2.48 bits per heavy atom. The van der Waals surface area contributed by atoms with Crippen molar-refractivity contribution < 1.29 is 14.7 Å². The summed E-state index contributed by atoms with van der Waals surface area (Å²) in [6.07, 6.45) is 0.871. The van der Waals surface area contributed by atoms with Crippen molar-refractivity contribution in [3.8, 4) is 0 Å². The lowest BCUT2D eigenvalue weighted by molar-refractivity contribution is 0.0698. The maximum atomic E-state index is 12.2. The molecule has 0 saturated heterocycles. The van der Waals surface area contributed by atoms with Crippen molar-refractivity contribution in [1.82, 2.24) is 4.90 Å². The van der Waals surface area contributed by atoms with Crippen LogP contribution in [0.1, 0.15) is 37.6 Å². The van der Waals surface area contributed by atoms with E-state index in [1.807, 2.05) is 6.92 Å². The minimum absolute atomic E-state index is 0.0271. The van der Waals surface area contributed by atoms with Gasteiger partial charge < -0.3 is 15.3 Å². The fourth-order valence-electron chi connectivity index (χ4n) is 2.05. The summed E-state index contributed by atoms with van der Waals surface area (Å²) in [6.45, 7) is 6.13. The number of nitrogens with one attached hydrogen (secondary N) is 1. The number of carbonyl (C=O) groups excluding carboxylic acids is 1. The first kappa shape index (κ1) is 17.3. The van der Waals surface area contributed by atoms with Gasteiger partial charge in [-0.05, 0) is 37.5 Å². The van der Waals surface area contributed by atoms with Crippen molar-refractivity contribution in [2.45, 2.75) is 33.2 Å². The van der Waals surface area contributed by atoms with Crippen LogP contribution < -0.4 is 5.32 Å². The van der Waals surface area contributed by atoms with Gasteiger partial charge in [0.05, 0.1) is 11.3 Å². The number of amides is 2. The van der Waals surface area contributed by atoms with Gasteiger partial charge in [-0.15, -0.1) is 0 Å². The third kappa shape index (κ3) is 4.93. The highest BCUT2D eigenvalue weighted by atomic mass is 35.5. The normalized spacial score (nSPS) is 12.1. The predicted molar refractivity (Wildman–Crippen MR) is 84.1 cm³/mol. The SMILES string of the molecule is CC(C)CC(C)N(C)C(=O)Nc1ccc(Cl)cc1C(=O)O. The molecule has 0 aliphatic carbocycles. The number of aromatic carboxylic acids is 1. The van der Waals surface area contributed by atoms with Crippen molar-refractivity contribution >= 4 is 29.3 Å². The van der Waals surface area contributed by atoms with Crippen molar-refractivity contribution in [2.24, 2.45) is 5.92 Å². The smallest absolute Gasteiger partial charge is 0.337 e. The molecule has 0 saturated carbocycles. The molecule has 0 radical (unpaired) electrons. The number of carboxylic acids is 1. The monoisotopic (exact) mass is 312 g/mol. The molecule has 1 atom stereocenters. The van der Waals surface area contributed by atoms with Crippen molar-refractivity contribution in [2.75, 3.05) is 12.4 Å². The van der Waals surface area contributed by atoms with Crippen LogP contribution in [0.3, 0.4) is 0 Å². The Balaban J connectivity index is 2.86. The van der Waals surface area contributed by atoms with Gasteiger partial charge in [0.25, 0.3) is 0 Å². The van der Waals surface area contributed by atoms with Gasteiger partial charge in [-0.3, -0.25) is 0 Å². The molecular weight excluding hydrogens is 292 g/mol. The molecule has 21 heavy (non-hydrogen) atoms.